The number of urea groups is 1. The number of nitrogens with zero attached hydrogens (tertiary/aromatic N) is 1. The summed E-state index contributed by atoms with van der Waals surface area (Å²) >= 11 is 0. The molecule has 0 unspecified atom stereocenters. The van der Waals surface area contributed by atoms with Crippen LogP contribution in [0.2, 0.25) is 0 Å². The fraction of sp³-hybridized carbons (Fsp3) is 0.560. The molecule has 1 aliphatic carbocycles. The van der Waals surface area contributed by atoms with Crippen LogP contribution in [0.15, 0.2) is 12.1 Å². The lowest BCUT2D eigenvalue weighted by atomic mass is 9.62. The summed E-state index contributed by atoms with van der Waals surface area (Å²) < 4.78 is 4.96. The van der Waals surface area contributed by atoms with Crippen LogP contribution in [0, 0.1) is 31.1 Å². The normalized spacial score (nSPS) is 18.6. The minimum atomic E-state index is -0.676. The van der Waals surface area contributed by atoms with Crippen molar-refractivity contribution in [2.75, 3.05) is 33.4 Å². The zero-order valence-corrected chi connectivity index (χ0v) is 19.0. The maximum Gasteiger partial charge on any atom is 0.317 e. The summed E-state index contributed by atoms with van der Waals surface area (Å²) in [5.41, 5.74) is 3.33. The average Bonchev–Trinajstić information content (AvgIpc) is 2.70. The van der Waals surface area contributed by atoms with Crippen LogP contribution in [0.4, 0.5) is 4.79 Å². The molecule has 1 aromatic carbocycles. The standard InChI is InChI=1S/C25H32N2O4/c1-5-6-19-13-17(2)22(18(3)14-19)23-20(28)15-25(16-21(23)29)7-10-27(11-8-25)24(30)26-9-12-31-4/h13-14,23H,7-12,15-16H2,1-4H3,(H,26,30). The van der Waals surface area contributed by atoms with Crippen LogP contribution in [0.1, 0.15) is 60.8 Å². The summed E-state index contributed by atoms with van der Waals surface area (Å²) in [5.74, 6) is 5.29. The van der Waals surface area contributed by atoms with Gasteiger partial charge >= 0.3 is 6.03 Å². The number of carbonyl (C=O) groups is 3. The second kappa shape index (κ2) is 9.65. The molecule has 1 saturated heterocycles. The third-order valence-corrected chi connectivity index (χ3v) is 6.59. The zero-order valence-electron chi connectivity index (χ0n) is 19.0. The first-order valence-electron chi connectivity index (χ1n) is 10.9. The molecule has 0 atom stereocenters. The number of likely N-dealkylation sites (tertiary alicyclic amines) is 1. The molecule has 6 heteroatoms. The van der Waals surface area contributed by atoms with Crippen molar-refractivity contribution in [3.8, 4) is 11.8 Å². The van der Waals surface area contributed by atoms with E-state index < -0.39 is 5.92 Å². The Bertz CT molecular complexity index is 890. The molecule has 1 spiro atoms. The van der Waals surface area contributed by atoms with E-state index in [1.807, 2.05) is 26.0 Å². The molecule has 1 aliphatic heterocycles. The van der Waals surface area contributed by atoms with Crippen molar-refractivity contribution < 1.29 is 19.1 Å². The quantitative estimate of drug-likeness (QED) is 0.458. The second-order valence-corrected chi connectivity index (χ2v) is 8.83. The largest absolute Gasteiger partial charge is 0.383 e. The molecular formula is C25H32N2O4. The molecule has 1 N–H and O–H groups in total. The van der Waals surface area contributed by atoms with E-state index in [0.29, 0.717) is 51.9 Å². The van der Waals surface area contributed by atoms with E-state index in [4.69, 9.17) is 4.74 Å². The Hall–Kier alpha value is -2.65. The van der Waals surface area contributed by atoms with E-state index >= 15 is 0 Å². The summed E-state index contributed by atoms with van der Waals surface area (Å²) in [7, 11) is 1.60. The van der Waals surface area contributed by atoms with E-state index in [-0.39, 0.29) is 23.0 Å². The van der Waals surface area contributed by atoms with Gasteiger partial charge in [0.15, 0.2) is 0 Å². The number of benzene rings is 1. The summed E-state index contributed by atoms with van der Waals surface area (Å²) in [5, 5.41) is 2.84. The number of piperidine rings is 1. The topological polar surface area (TPSA) is 75.7 Å². The molecule has 0 bridgehead atoms. The van der Waals surface area contributed by atoms with Gasteiger partial charge < -0.3 is 15.0 Å². The van der Waals surface area contributed by atoms with Crippen molar-refractivity contribution in [1.29, 1.82) is 0 Å². The number of rotatable bonds is 4. The lowest BCUT2D eigenvalue weighted by Gasteiger charge is -2.44. The molecule has 3 rings (SSSR count). The van der Waals surface area contributed by atoms with Gasteiger partial charge in [0.1, 0.15) is 17.5 Å². The Morgan fingerprint density at radius 1 is 1.16 bits per heavy atom. The average molecular weight is 425 g/mol. The smallest absolute Gasteiger partial charge is 0.317 e. The third kappa shape index (κ3) is 4.99. The highest BCUT2D eigenvalue weighted by atomic mass is 16.5. The van der Waals surface area contributed by atoms with E-state index in [0.717, 1.165) is 22.3 Å². The molecule has 1 saturated carbocycles. The number of nitrogens with one attached hydrogen (secondary N) is 1. The molecule has 6 nitrogen and oxygen atoms in total. The van der Waals surface area contributed by atoms with Gasteiger partial charge in [-0.2, -0.15) is 0 Å². The molecule has 2 amide bonds. The number of methoxy groups -OCH3 is 1. The van der Waals surface area contributed by atoms with Gasteiger partial charge in [0.05, 0.1) is 6.61 Å². The maximum absolute atomic E-state index is 13.2. The lowest BCUT2D eigenvalue weighted by molar-refractivity contribution is -0.138. The number of ether oxygens (including phenoxy) is 1. The second-order valence-electron chi connectivity index (χ2n) is 8.83. The van der Waals surface area contributed by atoms with E-state index in [1.165, 1.54) is 0 Å². The van der Waals surface area contributed by atoms with E-state index in [1.54, 1.807) is 18.9 Å². The van der Waals surface area contributed by atoms with Crippen LogP contribution >= 0.6 is 0 Å². The zero-order chi connectivity index (χ0) is 22.6. The number of amides is 2. The van der Waals surface area contributed by atoms with Gasteiger partial charge in [0, 0.05) is 45.1 Å². The fourth-order valence-corrected chi connectivity index (χ4v) is 5.06. The molecule has 0 aromatic heterocycles. The van der Waals surface area contributed by atoms with Gasteiger partial charge in [-0.1, -0.05) is 5.92 Å². The summed E-state index contributed by atoms with van der Waals surface area (Å²) in [6.45, 7) is 7.76. The van der Waals surface area contributed by atoms with Crippen LogP contribution < -0.4 is 5.32 Å². The van der Waals surface area contributed by atoms with Crippen LogP contribution in [0.25, 0.3) is 0 Å². The molecular weight excluding hydrogens is 392 g/mol. The minimum absolute atomic E-state index is 0.00905. The first-order valence-corrected chi connectivity index (χ1v) is 10.9. The molecule has 1 aromatic rings. The van der Waals surface area contributed by atoms with E-state index in [9.17, 15) is 14.4 Å². The van der Waals surface area contributed by atoms with Crippen molar-refractivity contribution in [2.24, 2.45) is 5.41 Å². The molecule has 31 heavy (non-hydrogen) atoms. The Morgan fingerprint density at radius 2 is 1.74 bits per heavy atom. The highest BCUT2D eigenvalue weighted by molar-refractivity contribution is 6.10. The Morgan fingerprint density at radius 3 is 2.26 bits per heavy atom. The third-order valence-electron chi connectivity index (χ3n) is 6.59. The van der Waals surface area contributed by atoms with Crippen LogP contribution in [-0.4, -0.2) is 55.8 Å². The van der Waals surface area contributed by atoms with Gasteiger partial charge in [0.2, 0.25) is 0 Å². The molecule has 1 heterocycles. The first-order chi connectivity index (χ1) is 14.8. The highest BCUT2D eigenvalue weighted by Crippen LogP contribution is 2.46. The van der Waals surface area contributed by atoms with Crippen molar-refractivity contribution >= 4 is 17.6 Å². The molecule has 0 radical (unpaired) electrons. The number of carbonyl (C=O) groups excluding carboxylic acids is 3. The number of aryl methyl sites for hydroxylation is 2. The number of Topliss-reactive ketones (excluding diaryl/α,β-unsaturated/α-hetero) is 2. The number of hydrogen-bond donors (Lipinski definition) is 1. The van der Waals surface area contributed by atoms with E-state index in [2.05, 4.69) is 17.2 Å². The van der Waals surface area contributed by atoms with Gasteiger partial charge in [-0.3, -0.25) is 9.59 Å². The Balaban J connectivity index is 1.70. The fourth-order valence-electron chi connectivity index (χ4n) is 5.06. The van der Waals surface area contributed by atoms with Gasteiger partial charge in [-0.25, -0.2) is 4.79 Å². The number of hydrogen-bond acceptors (Lipinski definition) is 4. The Kier molecular flexibility index (Phi) is 7.17. The van der Waals surface area contributed by atoms with Crippen LogP contribution in [0.5, 0.6) is 0 Å². The van der Waals surface area contributed by atoms with Crippen molar-refractivity contribution in [2.45, 2.75) is 52.4 Å². The van der Waals surface area contributed by atoms with Gasteiger partial charge in [0.25, 0.3) is 0 Å². The summed E-state index contributed by atoms with van der Waals surface area (Å²) in [6, 6.07) is 3.81. The van der Waals surface area contributed by atoms with Crippen molar-refractivity contribution in [3.63, 3.8) is 0 Å². The van der Waals surface area contributed by atoms with Crippen molar-refractivity contribution in [3.05, 3.63) is 34.4 Å². The number of ketones is 2. The van der Waals surface area contributed by atoms with Crippen LogP contribution in [-0.2, 0) is 14.3 Å². The first kappa shape index (κ1) is 23.0. The monoisotopic (exact) mass is 424 g/mol. The SMILES string of the molecule is CC#Cc1cc(C)c(C2C(=O)CC3(CCN(C(=O)NCCOC)CC3)CC2=O)c(C)c1. The van der Waals surface area contributed by atoms with Crippen LogP contribution in [0.3, 0.4) is 0 Å². The summed E-state index contributed by atoms with van der Waals surface area (Å²) in [6.07, 6.45) is 2.16. The molecule has 166 valence electrons. The predicted octanol–water partition coefficient (Wildman–Crippen LogP) is 3.13. The van der Waals surface area contributed by atoms with Crippen molar-refractivity contribution in [1.82, 2.24) is 10.2 Å². The van der Waals surface area contributed by atoms with Gasteiger partial charge in [-0.05, 0) is 67.9 Å². The minimum Gasteiger partial charge on any atom is -0.383 e. The lowest BCUT2D eigenvalue weighted by Crippen LogP contribution is -2.51. The van der Waals surface area contributed by atoms with Gasteiger partial charge in [-0.15, -0.1) is 5.92 Å². The predicted molar refractivity (Wildman–Crippen MR) is 119 cm³/mol. The molecule has 2 aliphatic rings. The molecule has 2 fully saturated rings. The Labute approximate surface area is 184 Å². The maximum atomic E-state index is 13.2. The highest BCUT2D eigenvalue weighted by Gasteiger charge is 2.47. The summed E-state index contributed by atoms with van der Waals surface area (Å²) in [4.78, 5) is 40.5.